The molecular weight excluding hydrogens is 355 g/mol. The molecule has 0 radical (unpaired) electrons. The lowest BCUT2D eigenvalue weighted by molar-refractivity contribution is 0.0944. The predicted molar refractivity (Wildman–Crippen MR) is 108 cm³/mol. The topological polar surface area (TPSA) is 59.0 Å². The maximum Gasteiger partial charge on any atom is 0.283 e. The number of carbonyl (C=O) groups excluding carboxylic acids is 1. The Morgan fingerprint density at radius 3 is 2.00 bits per heavy atom. The molecule has 0 aliphatic rings. The van der Waals surface area contributed by atoms with Gasteiger partial charge in [-0.25, -0.2) is 4.39 Å². The van der Waals surface area contributed by atoms with Gasteiger partial charge in [0.15, 0.2) is 5.82 Å². The molecule has 0 bridgehead atoms. The molecule has 1 aromatic heterocycles. The van der Waals surface area contributed by atoms with Gasteiger partial charge in [0.2, 0.25) is 0 Å². The van der Waals surface area contributed by atoms with Gasteiger partial charge in [0.1, 0.15) is 11.6 Å². The summed E-state index contributed by atoms with van der Waals surface area (Å²) < 4.78 is 15.3. The van der Waals surface area contributed by atoms with E-state index >= 15 is 0 Å². The summed E-state index contributed by atoms with van der Waals surface area (Å²) in [6.45, 7) is 0. The highest BCUT2D eigenvalue weighted by molar-refractivity contribution is 5.98. The van der Waals surface area contributed by atoms with Gasteiger partial charge in [0.05, 0.1) is 5.56 Å². The second kappa shape index (κ2) is 7.75. The third-order valence-electron chi connectivity index (χ3n) is 4.10. The summed E-state index contributed by atoms with van der Waals surface area (Å²) in [4.78, 5) is 12.9. The highest BCUT2D eigenvalue weighted by atomic mass is 19.1. The van der Waals surface area contributed by atoms with Crippen LogP contribution < -0.4 is 10.6 Å². The van der Waals surface area contributed by atoms with Crippen LogP contribution in [-0.4, -0.2) is 15.7 Å². The van der Waals surface area contributed by atoms with Crippen molar-refractivity contribution < 1.29 is 9.18 Å². The highest BCUT2D eigenvalue weighted by Gasteiger charge is 2.19. The Kier molecular flexibility index (Phi) is 4.84. The zero-order valence-electron chi connectivity index (χ0n) is 14.8. The Bertz CT molecular complexity index is 1090. The lowest BCUT2D eigenvalue weighted by atomic mass is 10.2. The Morgan fingerprint density at radius 1 is 0.786 bits per heavy atom. The summed E-state index contributed by atoms with van der Waals surface area (Å²) >= 11 is 0. The van der Waals surface area contributed by atoms with Crippen LogP contribution in [0.15, 0.2) is 91.0 Å². The van der Waals surface area contributed by atoms with Gasteiger partial charge in [-0.3, -0.25) is 4.79 Å². The van der Waals surface area contributed by atoms with Crippen molar-refractivity contribution in [2.45, 2.75) is 0 Å². The molecule has 28 heavy (non-hydrogen) atoms. The third kappa shape index (κ3) is 3.76. The van der Waals surface area contributed by atoms with Crippen molar-refractivity contribution in [3.05, 3.63) is 102 Å². The first kappa shape index (κ1) is 17.5. The Hall–Kier alpha value is -3.93. The van der Waals surface area contributed by atoms with Gasteiger partial charge >= 0.3 is 0 Å². The van der Waals surface area contributed by atoms with E-state index in [2.05, 4.69) is 15.7 Å². The summed E-state index contributed by atoms with van der Waals surface area (Å²) in [7, 11) is 0. The first-order valence-electron chi connectivity index (χ1n) is 8.74. The molecule has 0 atom stereocenters. The summed E-state index contributed by atoms with van der Waals surface area (Å²) in [6.07, 6.45) is 0. The molecule has 6 heteroatoms. The standard InChI is InChI=1S/C22H17FN4O/c23-19-14-8-7-13-18(19)22(28)27-21(25-17-11-5-2-6-12-17)15-20(26-27)24-16-9-3-1-4-10-16/h1-15,25H,(H,24,26). The minimum Gasteiger partial charge on any atom is -0.340 e. The highest BCUT2D eigenvalue weighted by Crippen LogP contribution is 2.24. The van der Waals surface area contributed by atoms with E-state index < -0.39 is 11.7 Å². The zero-order chi connectivity index (χ0) is 19.3. The number of nitrogens with one attached hydrogen (secondary N) is 2. The first-order valence-corrected chi connectivity index (χ1v) is 8.74. The fourth-order valence-corrected chi connectivity index (χ4v) is 2.77. The fourth-order valence-electron chi connectivity index (χ4n) is 2.77. The second-order valence-electron chi connectivity index (χ2n) is 6.09. The minimum atomic E-state index is -0.591. The Balaban J connectivity index is 1.72. The van der Waals surface area contributed by atoms with Crippen molar-refractivity contribution >= 4 is 28.9 Å². The van der Waals surface area contributed by atoms with E-state index in [1.54, 1.807) is 18.2 Å². The predicted octanol–water partition coefficient (Wildman–Crippen LogP) is 5.20. The smallest absolute Gasteiger partial charge is 0.283 e. The number of para-hydroxylation sites is 2. The van der Waals surface area contributed by atoms with Crippen LogP contribution >= 0.6 is 0 Å². The monoisotopic (exact) mass is 372 g/mol. The van der Waals surface area contributed by atoms with Crippen molar-refractivity contribution in [1.82, 2.24) is 9.78 Å². The molecule has 0 unspecified atom stereocenters. The van der Waals surface area contributed by atoms with Gasteiger partial charge in [-0.1, -0.05) is 48.5 Å². The van der Waals surface area contributed by atoms with Crippen molar-refractivity contribution in [1.29, 1.82) is 0 Å². The molecule has 138 valence electrons. The number of anilines is 4. The number of rotatable bonds is 5. The second-order valence-corrected chi connectivity index (χ2v) is 6.09. The van der Waals surface area contributed by atoms with Gasteiger partial charge in [-0.2, -0.15) is 4.68 Å². The summed E-state index contributed by atoms with van der Waals surface area (Å²) in [6, 6.07) is 26.4. The van der Waals surface area contributed by atoms with Crippen LogP contribution in [-0.2, 0) is 0 Å². The Morgan fingerprint density at radius 2 is 1.36 bits per heavy atom. The lowest BCUT2D eigenvalue weighted by Gasteiger charge is -2.09. The van der Waals surface area contributed by atoms with Crippen LogP contribution in [0.1, 0.15) is 10.4 Å². The SMILES string of the molecule is O=C(c1ccccc1F)n1nc(Nc2ccccc2)cc1Nc1ccccc1. The molecule has 4 rings (SSSR count). The molecule has 0 spiro atoms. The third-order valence-corrected chi connectivity index (χ3v) is 4.10. The maximum atomic E-state index is 14.1. The molecule has 2 N–H and O–H groups in total. The van der Waals surface area contributed by atoms with Crippen LogP contribution in [0.2, 0.25) is 0 Å². The number of hydrogen-bond donors (Lipinski definition) is 2. The molecule has 5 nitrogen and oxygen atoms in total. The van der Waals surface area contributed by atoms with Crippen molar-refractivity contribution in [3.8, 4) is 0 Å². The van der Waals surface area contributed by atoms with E-state index in [0.717, 1.165) is 16.1 Å². The van der Waals surface area contributed by atoms with Crippen LogP contribution in [0, 0.1) is 5.82 Å². The van der Waals surface area contributed by atoms with Gasteiger partial charge in [0.25, 0.3) is 5.91 Å². The maximum absolute atomic E-state index is 14.1. The van der Waals surface area contributed by atoms with Crippen molar-refractivity contribution in [2.75, 3.05) is 10.6 Å². The molecule has 3 aromatic carbocycles. The van der Waals surface area contributed by atoms with E-state index in [4.69, 9.17) is 0 Å². The molecule has 0 aliphatic heterocycles. The number of benzene rings is 3. The zero-order valence-corrected chi connectivity index (χ0v) is 14.8. The molecule has 0 amide bonds. The number of carbonyl (C=O) groups is 1. The van der Waals surface area contributed by atoms with Crippen LogP contribution in [0.5, 0.6) is 0 Å². The summed E-state index contributed by atoms with van der Waals surface area (Å²) in [5, 5.41) is 10.7. The Labute approximate surface area is 161 Å². The average Bonchev–Trinajstić information content (AvgIpc) is 3.11. The van der Waals surface area contributed by atoms with E-state index in [9.17, 15) is 9.18 Å². The van der Waals surface area contributed by atoms with Crippen molar-refractivity contribution in [3.63, 3.8) is 0 Å². The molecule has 0 fully saturated rings. The van der Waals surface area contributed by atoms with E-state index in [1.807, 2.05) is 60.7 Å². The lowest BCUT2D eigenvalue weighted by Crippen LogP contribution is -2.17. The quantitative estimate of drug-likeness (QED) is 0.506. The van der Waals surface area contributed by atoms with Crippen LogP contribution in [0.4, 0.5) is 27.4 Å². The average molecular weight is 372 g/mol. The molecule has 0 aliphatic carbocycles. The van der Waals surface area contributed by atoms with Gasteiger partial charge < -0.3 is 10.6 Å². The van der Waals surface area contributed by atoms with E-state index in [0.29, 0.717) is 11.6 Å². The van der Waals surface area contributed by atoms with E-state index in [-0.39, 0.29) is 5.56 Å². The number of aromatic nitrogens is 2. The number of nitrogens with zero attached hydrogens (tertiary/aromatic N) is 2. The number of halogens is 1. The summed E-state index contributed by atoms with van der Waals surface area (Å²) in [5.41, 5.74) is 1.57. The first-order chi connectivity index (χ1) is 13.7. The molecule has 4 aromatic rings. The molecule has 0 saturated carbocycles. The van der Waals surface area contributed by atoms with Gasteiger partial charge in [-0.05, 0) is 36.4 Å². The largest absolute Gasteiger partial charge is 0.340 e. The van der Waals surface area contributed by atoms with E-state index in [1.165, 1.54) is 12.1 Å². The minimum absolute atomic E-state index is 0.0482. The molecule has 1 heterocycles. The van der Waals surface area contributed by atoms with Gasteiger partial charge in [0, 0.05) is 17.4 Å². The summed E-state index contributed by atoms with van der Waals surface area (Å²) in [5.74, 6) is -0.254. The number of hydrogen-bond acceptors (Lipinski definition) is 4. The molecular formula is C22H17FN4O. The molecule has 0 saturated heterocycles. The van der Waals surface area contributed by atoms with Crippen LogP contribution in [0.25, 0.3) is 0 Å². The van der Waals surface area contributed by atoms with Crippen molar-refractivity contribution in [2.24, 2.45) is 0 Å². The van der Waals surface area contributed by atoms with Crippen LogP contribution in [0.3, 0.4) is 0 Å². The normalized spacial score (nSPS) is 10.5. The fraction of sp³-hybridized carbons (Fsp3) is 0. The van der Waals surface area contributed by atoms with Gasteiger partial charge in [-0.15, -0.1) is 5.10 Å².